The molecule has 0 spiro atoms. The molecule has 0 saturated carbocycles. The van der Waals surface area contributed by atoms with Gasteiger partial charge in [0.2, 0.25) is 0 Å². The van der Waals surface area contributed by atoms with E-state index in [-0.39, 0.29) is 5.91 Å². The van der Waals surface area contributed by atoms with Crippen molar-refractivity contribution in [3.63, 3.8) is 0 Å². The molecule has 0 atom stereocenters. The first-order valence-electron chi connectivity index (χ1n) is 6.86. The van der Waals surface area contributed by atoms with Crippen LogP contribution in [0.25, 0.3) is 0 Å². The maximum Gasteiger partial charge on any atom is 0.257 e. The third kappa shape index (κ3) is 3.34. The van der Waals surface area contributed by atoms with Crippen LogP contribution in [0.1, 0.15) is 35.7 Å². The van der Waals surface area contributed by atoms with Crippen molar-refractivity contribution in [1.82, 2.24) is 0 Å². The lowest BCUT2D eigenvalue weighted by molar-refractivity contribution is 0.102. The van der Waals surface area contributed by atoms with Gasteiger partial charge in [0.25, 0.3) is 5.91 Å². The van der Waals surface area contributed by atoms with Crippen LogP contribution in [0.3, 0.4) is 0 Å². The van der Waals surface area contributed by atoms with E-state index in [0.717, 1.165) is 5.69 Å². The SMILES string of the molecule is COc1cccc(C(=O)Nc2ccc(C(C)C)cc2)c1N. The second-order valence-corrected chi connectivity index (χ2v) is 5.15. The van der Waals surface area contributed by atoms with Gasteiger partial charge >= 0.3 is 0 Å². The zero-order chi connectivity index (χ0) is 15.4. The van der Waals surface area contributed by atoms with E-state index in [1.54, 1.807) is 18.2 Å². The average Bonchev–Trinajstić information content (AvgIpc) is 2.48. The molecule has 2 aromatic rings. The maximum atomic E-state index is 12.3. The molecule has 0 aliphatic carbocycles. The van der Waals surface area contributed by atoms with Gasteiger partial charge in [-0.3, -0.25) is 4.79 Å². The molecule has 110 valence electrons. The van der Waals surface area contributed by atoms with Crippen molar-refractivity contribution >= 4 is 17.3 Å². The van der Waals surface area contributed by atoms with Gasteiger partial charge in [-0.15, -0.1) is 0 Å². The van der Waals surface area contributed by atoms with Gasteiger partial charge in [-0.2, -0.15) is 0 Å². The van der Waals surface area contributed by atoms with E-state index in [0.29, 0.717) is 22.9 Å². The highest BCUT2D eigenvalue weighted by molar-refractivity contribution is 6.08. The molecule has 21 heavy (non-hydrogen) atoms. The second-order valence-electron chi connectivity index (χ2n) is 5.15. The first-order valence-corrected chi connectivity index (χ1v) is 6.86. The molecule has 1 amide bonds. The first kappa shape index (κ1) is 14.9. The van der Waals surface area contributed by atoms with Crippen molar-refractivity contribution < 1.29 is 9.53 Å². The van der Waals surface area contributed by atoms with Crippen molar-refractivity contribution in [1.29, 1.82) is 0 Å². The van der Waals surface area contributed by atoms with E-state index in [1.165, 1.54) is 12.7 Å². The predicted molar refractivity (Wildman–Crippen MR) is 85.9 cm³/mol. The van der Waals surface area contributed by atoms with Gasteiger partial charge in [0, 0.05) is 5.69 Å². The van der Waals surface area contributed by atoms with Gasteiger partial charge in [-0.25, -0.2) is 0 Å². The Bertz CT molecular complexity index is 634. The van der Waals surface area contributed by atoms with Crippen molar-refractivity contribution in [3.8, 4) is 5.75 Å². The Morgan fingerprint density at radius 1 is 1.14 bits per heavy atom. The summed E-state index contributed by atoms with van der Waals surface area (Å²) in [5.74, 6) is 0.713. The fourth-order valence-corrected chi connectivity index (χ4v) is 2.07. The Balaban J connectivity index is 2.18. The van der Waals surface area contributed by atoms with Gasteiger partial charge < -0.3 is 15.8 Å². The summed E-state index contributed by atoms with van der Waals surface area (Å²) < 4.78 is 5.12. The number of rotatable bonds is 4. The Morgan fingerprint density at radius 2 is 1.81 bits per heavy atom. The van der Waals surface area contributed by atoms with Crippen LogP contribution in [0, 0.1) is 0 Å². The second kappa shape index (κ2) is 6.31. The molecule has 0 radical (unpaired) electrons. The third-order valence-corrected chi connectivity index (χ3v) is 3.37. The monoisotopic (exact) mass is 284 g/mol. The summed E-state index contributed by atoms with van der Waals surface area (Å²) in [4.78, 5) is 12.3. The largest absolute Gasteiger partial charge is 0.495 e. The summed E-state index contributed by atoms with van der Waals surface area (Å²) in [5, 5.41) is 2.84. The molecule has 0 aliphatic rings. The Morgan fingerprint density at radius 3 is 2.38 bits per heavy atom. The molecular weight excluding hydrogens is 264 g/mol. The minimum Gasteiger partial charge on any atom is -0.495 e. The highest BCUT2D eigenvalue weighted by atomic mass is 16.5. The molecule has 0 aromatic heterocycles. The van der Waals surface area contributed by atoms with E-state index < -0.39 is 0 Å². The predicted octanol–water partition coefficient (Wildman–Crippen LogP) is 3.65. The van der Waals surface area contributed by atoms with E-state index in [9.17, 15) is 4.79 Å². The molecule has 0 unspecified atom stereocenters. The minimum absolute atomic E-state index is 0.247. The molecule has 4 heteroatoms. The molecule has 4 nitrogen and oxygen atoms in total. The molecule has 0 saturated heterocycles. The fourth-order valence-electron chi connectivity index (χ4n) is 2.07. The summed E-state index contributed by atoms with van der Waals surface area (Å²) in [6.45, 7) is 4.26. The summed E-state index contributed by atoms with van der Waals surface area (Å²) >= 11 is 0. The number of methoxy groups -OCH3 is 1. The summed E-state index contributed by atoms with van der Waals surface area (Å²) in [6.07, 6.45) is 0. The van der Waals surface area contributed by atoms with E-state index in [4.69, 9.17) is 10.5 Å². The molecule has 0 bridgehead atoms. The molecule has 0 heterocycles. The normalized spacial score (nSPS) is 10.5. The Hall–Kier alpha value is -2.49. The van der Waals surface area contributed by atoms with Gasteiger partial charge in [0.15, 0.2) is 0 Å². The van der Waals surface area contributed by atoms with Crippen LogP contribution in [0.15, 0.2) is 42.5 Å². The number of benzene rings is 2. The van der Waals surface area contributed by atoms with Crippen molar-refractivity contribution in [2.75, 3.05) is 18.2 Å². The van der Waals surface area contributed by atoms with Gasteiger partial charge in [0.05, 0.1) is 18.4 Å². The topological polar surface area (TPSA) is 64.3 Å². The van der Waals surface area contributed by atoms with Crippen molar-refractivity contribution in [2.24, 2.45) is 0 Å². The number of carbonyl (C=O) groups excluding carboxylic acids is 1. The minimum atomic E-state index is -0.247. The number of anilines is 2. The van der Waals surface area contributed by atoms with Crippen LogP contribution >= 0.6 is 0 Å². The number of carbonyl (C=O) groups is 1. The first-order chi connectivity index (χ1) is 10.0. The highest BCUT2D eigenvalue weighted by Gasteiger charge is 2.13. The number of amides is 1. The lowest BCUT2D eigenvalue weighted by Crippen LogP contribution is -2.14. The van der Waals surface area contributed by atoms with Crippen LogP contribution in [-0.4, -0.2) is 13.0 Å². The molecule has 3 N–H and O–H groups in total. The number of ether oxygens (including phenoxy) is 1. The van der Waals surface area contributed by atoms with E-state index in [1.807, 2.05) is 24.3 Å². The maximum absolute atomic E-state index is 12.3. The number of para-hydroxylation sites is 1. The van der Waals surface area contributed by atoms with Crippen molar-refractivity contribution in [2.45, 2.75) is 19.8 Å². The number of hydrogen-bond donors (Lipinski definition) is 2. The van der Waals surface area contributed by atoms with Gasteiger partial charge in [0.1, 0.15) is 5.75 Å². The van der Waals surface area contributed by atoms with Crippen LogP contribution in [0.4, 0.5) is 11.4 Å². The zero-order valence-electron chi connectivity index (χ0n) is 12.5. The summed E-state index contributed by atoms with van der Waals surface area (Å²) in [6, 6.07) is 12.9. The molecule has 2 rings (SSSR count). The van der Waals surface area contributed by atoms with Crippen LogP contribution in [0.5, 0.6) is 5.75 Å². The smallest absolute Gasteiger partial charge is 0.257 e. The number of nitrogens with two attached hydrogens (primary N) is 1. The number of nitrogens with one attached hydrogen (secondary N) is 1. The molecule has 2 aromatic carbocycles. The fraction of sp³-hybridized carbons (Fsp3) is 0.235. The van der Waals surface area contributed by atoms with Gasteiger partial charge in [-0.05, 0) is 35.7 Å². The Kier molecular flexibility index (Phi) is 4.48. The van der Waals surface area contributed by atoms with E-state index >= 15 is 0 Å². The standard InChI is InChI=1S/C17H20N2O2/c1-11(2)12-7-9-13(10-8-12)19-17(20)14-5-4-6-15(21-3)16(14)18/h4-11H,18H2,1-3H3,(H,19,20). The zero-order valence-corrected chi connectivity index (χ0v) is 12.5. The summed E-state index contributed by atoms with van der Waals surface area (Å²) in [5.41, 5.74) is 8.65. The van der Waals surface area contributed by atoms with E-state index in [2.05, 4.69) is 19.2 Å². The number of nitrogen functional groups attached to an aromatic ring is 1. The van der Waals surface area contributed by atoms with Crippen LogP contribution in [-0.2, 0) is 0 Å². The lowest BCUT2D eigenvalue weighted by atomic mass is 10.0. The quantitative estimate of drug-likeness (QED) is 0.842. The number of hydrogen-bond acceptors (Lipinski definition) is 3. The highest BCUT2D eigenvalue weighted by Crippen LogP contribution is 2.25. The van der Waals surface area contributed by atoms with Gasteiger partial charge in [-0.1, -0.05) is 32.0 Å². The summed E-state index contributed by atoms with van der Waals surface area (Å²) in [7, 11) is 1.53. The van der Waals surface area contributed by atoms with Crippen LogP contribution < -0.4 is 15.8 Å². The molecule has 0 aliphatic heterocycles. The lowest BCUT2D eigenvalue weighted by Gasteiger charge is -2.11. The van der Waals surface area contributed by atoms with Crippen LogP contribution in [0.2, 0.25) is 0 Å². The van der Waals surface area contributed by atoms with Crippen molar-refractivity contribution in [3.05, 3.63) is 53.6 Å². The average molecular weight is 284 g/mol. The molecular formula is C17H20N2O2. The third-order valence-electron chi connectivity index (χ3n) is 3.37. The molecule has 0 fully saturated rings. The Labute approximate surface area is 124 Å².